The van der Waals surface area contributed by atoms with Crippen LogP contribution >= 0.6 is 0 Å². The second-order valence-electron chi connectivity index (χ2n) is 5.46. The van der Waals surface area contributed by atoms with Gasteiger partial charge in [-0.25, -0.2) is 0 Å². The summed E-state index contributed by atoms with van der Waals surface area (Å²) in [5, 5.41) is 1.30. The normalized spacial score (nSPS) is 11.1. The van der Waals surface area contributed by atoms with E-state index in [2.05, 4.69) is 12.1 Å². The van der Waals surface area contributed by atoms with Crippen LogP contribution in [0.3, 0.4) is 0 Å². The molecule has 0 saturated carbocycles. The molecule has 2 nitrogen and oxygen atoms in total. The molecule has 2 heteroatoms. The Balaban J connectivity index is 2.11. The lowest BCUT2D eigenvalue weighted by Gasteiger charge is -2.08. The second-order valence-corrected chi connectivity index (χ2v) is 5.46. The monoisotopic (exact) mass is 286 g/mol. The number of para-hydroxylation sites is 1. The van der Waals surface area contributed by atoms with E-state index in [0.29, 0.717) is 21.9 Å². The van der Waals surface area contributed by atoms with Crippen molar-refractivity contribution in [3.05, 3.63) is 82.5 Å². The van der Waals surface area contributed by atoms with Crippen molar-refractivity contribution in [2.75, 3.05) is 0 Å². The third kappa shape index (κ3) is 1.92. The van der Waals surface area contributed by atoms with Crippen molar-refractivity contribution >= 4 is 21.9 Å². The fraction of sp³-hybridized carbons (Fsp3) is 0.0500. The van der Waals surface area contributed by atoms with Gasteiger partial charge in [-0.3, -0.25) is 4.79 Å². The SMILES string of the molecule is Cc1cc(-c2ccccc2)cc2oc3ccccc3c(=O)c12. The molecule has 0 aliphatic rings. The van der Waals surface area contributed by atoms with Gasteiger partial charge in [-0.05, 0) is 41.8 Å². The highest BCUT2D eigenvalue weighted by Crippen LogP contribution is 2.28. The molecule has 1 heterocycles. The van der Waals surface area contributed by atoms with Gasteiger partial charge in [0.2, 0.25) is 5.43 Å². The third-order valence-electron chi connectivity index (χ3n) is 3.99. The summed E-state index contributed by atoms with van der Waals surface area (Å²) in [6.07, 6.45) is 0. The van der Waals surface area contributed by atoms with E-state index in [1.165, 1.54) is 0 Å². The Hall–Kier alpha value is -2.87. The van der Waals surface area contributed by atoms with E-state index < -0.39 is 0 Å². The molecule has 0 unspecified atom stereocenters. The molecule has 1 aromatic heterocycles. The predicted octanol–water partition coefficient (Wildman–Crippen LogP) is 4.92. The first-order valence-electron chi connectivity index (χ1n) is 7.26. The smallest absolute Gasteiger partial charge is 0.200 e. The number of hydrogen-bond donors (Lipinski definition) is 0. The summed E-state index contributed by atoms with van der Waals surface area (Å²) in [4.78, 5) is 12.7. The number of rotatable bonds is 1. The van der Waals surface area contributed by atoms with Crippen LogP contribution in [0.1, 0.15) is 5.56 Å². The molecular weight excluding hydrogens is 272 g/mol. The van der Waals surface area contributed by atoms with E-state index in [0.717, 1.165) is 16.7 Å². The molecule has 0 bridgehead atoms. The zero-order valence-corrected chi connectivity index (χ0v) is 12.2. The van der Waals surface area contributed by atoms with E-state index in [-0.39, 0.29) is 5.43 Å². The molecule has 0 N–H and O–H groups in total. The maximum absolute atomic E-state index is 12.7. The summed E-state index contributed by atoms with van der Waals surface area (Å²) in [7, 11) is 0. The van der Waals surface area contributed by atoms with Gasteiger partial charge in [0.25, 0.3) is 0 Å². The van der Waals surface area contributed by atoms with Crippen LogP contribution in [0.2, 0.25) is 0 Å². The Labute approximate surface area is 127 Å². The molecule has 0 spiro atoms. The highest BCUT2D eigenvalue weighted by molar-refractivity contribution is 5.93. The van der Waals surface area contributed by atoms with Crippen LogP contribution < -0.4 is 5.43 Å². The molecule has 0 aliphatic heterocycles. The topological polar surface area (TPSA) is 30.2 Å². The maximum atomic E-state index is 12.7. The first kappa shape index (κ1) is 12.8. The Kier molecular flexibility index (Phi) is 2.83. The van der Waals surface area contributed by atoms with Gasteiger partial charge in [0.1, 0.15) is 11.2 Å². The molecule has 0 radical (unpaired) electrons. The molecule has 22 heavy (non-hydrogen) atoms. The molecule has 0 aliphatic carbocycles. The quantitative estimate of drug-likeness (QED) is 0.465. The maximum Gasteiger partial charge on any atom is 0.200 e. The summed E-state index contributed by atoms with van der Waals surface area (Å²) in [6, 6.07) is 21.5. The van der Waals surface area contributed by atoms with Crippen LogP contribution in [-0.2, 0) is 0 Å². The first-order valence-corrected chi connectivity index (χ1v) is 7.26. The Morgan fingerprint density at radius 1 is 0.773 bits per heavy atom. The lowest BCUT2D eigenvalue weighted by Crippen LogP contribution is -2.04. The van der Waals surface area contributed by atoms with Gasteiger partial charge >= 0.3 is 0 Å². The third-order valence-corrected chi connectivity index (χ3v) is 3.99. The van der Waals surface area contributed by atoms with Crippen molar-refractivity contribution in [3.8, 4) is 11.1 Å². The van der Waals surface area contributed by atoms with E-state index in [4.69, 9.17) is 4.42 Å². The van der Waals surface area contributed by atoms with Crippen LogP contribution in [0.25, 0.3) is 33.1 Å². The van der Waals surface area contributed by atoms with Gasteiger partial charge < -0.3 is 4.42 Å². The van der Waals surface area contributed by atoms with Gasteiger partial charge in [-0.2, -0.15) is 0 Å². The molecule has 0 amide bonds. The van der Waals surface area contributed by atoms with Crippen molar-refractivity contribution in [3.63, 3.8) is 0 Å². The summed E-state index contributed by atoms with van der Waals surface area (Å²) >= 11 is 0. The Morgan fingerprint density at radius 3 is 2.32 bits per heavy atom. The average Bonchev–Trinajstić information content (AvgIpc) is 2.55. The molecule has 4 aromatic rings. The van der Waals surface area contributed by atoms with Crippen molar-refractivity contribution in [2.24, 2.45) is 0 Å². The van der Waals surface area contributed by atoms with Gasteiger partial charge in [0.05, 0.1) is 10.8 Å². The molecule has 106 valence electrons. The van der Waals surface area contributed by atoms with E-state index in [1.807, 2.05) is 61.5 Å². The van der Waals surface area contributed by atoms with Crippen LogP contribution in [-0.4, -0.2) is 0 Å². The highest BCUT2D eigenvalue weighted by atomic mass is 16.3. The fourth-order valence-corrected chi connectivity index (χ4v) is 2.92. The molecule has 0 atom stereocenters. The highest BCUT2D eigenvalue weighted by Gasteiger charge is 2.11. The van der Waals surface area contributed by atoms with Crippen LogP contribution in [0.4, 0.5) is 0 Å². The molecule has 3 aromatic carbocycles. The summed E-state index contributed by atoms with van der Waals surface area (Å²) in [5.74, 6) is 0. The van der Waals surface area contributed by atoms with E-state index >= 15 is 0 Å². The standard InChI is InChI=1S/C20H14O2/c1-13-11-15(14-7-3-2-4-8-14)12-18-19(13)20(21)16-9-5-6-10-17(16)22-18/h2-12H,1H3. The molecule has 0 fully saturated rings. The second kappa shape index (κ2) is 4.85. The zero-order valence-electron chi connectivity index (χ0n) is 12.2. The minimum absolute atomic E-state index is 0.0361. The fourth-order valence-electron chi connectivity index (χ4n) is 2.92. The minimum Gasteiger partial charge on any atom is -0.456 e. The number of benzene rings is 3. The van der Waals surface area contributed by atoms with Crippen LogP contribution in [0.5, 0.6) is 0 Å². The van der Waals surface area contributed by atoms with Gasteiger partial charge in [-0.15, -0.1) is 0 Å². The van der Waals surface area contributed by atoms with Crippen molar-refractivity contribution < 1.29 is 4.42 Å². The van der Waals surface area contributed by atoms with Crippen molar-refractivity contribution in [1.82, 2.24) is 0 Å². The summed E-state index contributed by atoms with van der Waals surface area (Å²) in [6.45, 7) is 1.96. The van der Waals surface area contributed by atoms with Crippen LogP contribution in [0, 0.1) is 6.92 Å². The lowest BCUT2D eigenvalue weighted by molar-refractivity contribution is 0.660. The molecule has 0 saturated heterocycles. The Bertz CT molecular complexity index is 1040. The van der Waals surface area contributed by atoms with Gasteiger partial charge in [0.15, 0.2) is 0 Å². The van der Waals surface area contributed by atoms with E-state index in [1.54, 1.807) is 0 Å². The molecular formula is C20H14O2. The number of hydrogen-bond acceptors (Lipinski definition) is 2. The Morgan fingerprint density at radius 2 is 1.50 bits per heavy atom. The zero-order chi connectivity index (χ0) is 15.1. The van der Waals surface area contributed by atoms with Crippen molar-refractivity contribution in [1.29, 1.82) is 0 Å². The summed E-state index contributed by atoms with van der Waals surface area (Å²) < 4.78 is 5.97. The van der Waals surface area contributed by atoms with Gasteiger partial charge in [-0.1, -0.05) is 48.5 Å². The predicted molar refractivity (Wildman–Crippen MR) is 90.2 cm³/mol. The van der Waals surface area contributed by atoms with Crippen LogP contribution in [0.15, 0.2) is 75.9 Å². The minimum atomic E-state index is 0.0361. The lowest BCUT2D eigenvalue weighted by atomic mass is 9.99. The van der Waals surface area contributed by atoms with Crippen molar-refractivity contribution in [2.45, 2.75) is 6.92 Å². The first-order chi connectivity index (χ1) is 10.7. The average molecular weight is 286 g/mol. The van der Waals surface area contributed by atoms with Gasteiger partial charge in [0, 0.05) is 0 Å². The molecule has 4 rings (SSSR count). The number of aryl methyl sites for hydroxylation is 1. The summed E-state index contributed by atoms with van der Waals surface area (Å²) in [5.41, 5.74) is 4.42. The van der Waals surface area contributed by atoms with E-state index in [9.17, 15) is 4.79 Å². The largest absolute Gasteiger partial charge is 0.456 e. The number of fused-ring (bicyclic) bond motifs is 2.